The van der Waals surface area contributed by atoms with Crippen LogP contribution in [0, 0.1) is 5.92 Å². The van der Waals surface area contributed by atoms with Crippen molar-refractivity contribution in [2.45, 2.75) is 37.5 Å². The van der Waals surface area contributed by atoms with E-state index >= 15 is 0 Å². The topological polar surface area (TPSA) is 94.2 Å². The van der Waals surface area contributed by atoms with Gasteiger partial charge in [-0.2, -0.15) is 0 Å². The smallest absolute Gasteiger partial charge is 0.338 e. The van der Waals surface area contributed by atoms with E-state index in [4.69, 9.17) is 42.1 Å². The highest BCUT2D eigenvalue weighted by molar-refractivity contribution is 6.35. The second kappa shape index (κ2) is 15.7. The first-order valence-corrected chi connectivity index (χ1v) is 17.3. The molecular formula is C38H42Cl2N3O6+. The van der Waals surface area contributed by atoms with Crippen LogP contribution in [0.1, 0.15) is 52.9 Å². The van der Waals surface area contributed by atoms with Crippen LogP contribution in [0.5, 0.6) is 11.5 Å². The fourth-order valence-corrected chi connectivity index (χ4v) is 7.50. The van der Waals surface area contributed by atoms with Crippen LogP contribution < -0.4 is 19.7 Å². The molecular weight excluding hydrogens is 665 g/mol. The molecule has 4 heterocycles. The summed E-state index contributed by atoms with van der Waals surface area (Å²) in [6, 6.07) is 21.3. The van der Waals surface area contributed by atoms with Gasteiger partial charge in [-0.3, -0.25) is 4.90 Å². The van der Waals surface area contributed by atoms with Gasteiger partial charge in [-0.1, -0.05) is 65.7 Å². The normalized spacial score (nSPS) is 21.3. The summed E-state index contributed by atoms with van der Waals surface area (Å²) >= 11 is 13.2. The van der Waals surface area contributed by atoms with Gasteiger partial charge in [0.15, 0.2) is 17.5 Å². The first-order chi connectivity index (χ1) is 23.7. The van der Waals surface area contributed by atoms with E-state index in [1.807, 2.05) is 59.7 Å². The van der Waals surface area contributed by atoms with Crippen molar-refractivity contribution >= 4 is 40.8 Å². The van der Waals surface area contributed by atoms with Crippen molar-refractivity contribution in [3.63, 3.8) is 0 Å². The molecule has 4 aliphatic rings. The molecule has 3 aromatic carbocycles. The SMILES string of the molecule is COc1ccc(C(CC2=C(Cl)C[NH2+]C=C2Cl)OC(=O)c2cccc(N(C)C(C(=O)O[C@H]3CN4CCC3CC4)c3ccccc3)c2)cc1OC. The van der Waals surface area contributed by atoms with Crippen LogP contribution in [0.15, 0.2) is 94.6 Å². The molecule has 3 saturated heterocycles. The molecule has 0 radical (unpaired) electrons. The number of hydrogen-bond donors (Lipinski definition) is 1. The first-order valence-electron chi connectivity index (χ1n) is 16.6. The van der Waals surface area contributed by atoms with Crippen molar-refractivity contribution in [2.75, 3.05) is 52.3 Å². The summed E-state index contributed by atoms with van der Waals surface area (Å²) in [6.45, 7) is 3.43. The zero-order valence-electron chi connectivity index (χ0n) is 27.9. The lowest BCUT2D eigenvalue weighted by Gasteiger charge is -2.44. The third-order valence-electron chi connectivity index (χ3n) is 9.67. The summed E-state index contributed by atoms with van der Waals surface area (Å²) in [5, 5.41) is 2.98. The molecule has 49 heavy (non-hydrogen) atoms. The monoisotopic (exact) mass is 706 g/mol. The number of quaternary nitrogens is 1. The number of methoxy groups -OCH3 is 2. The standard InChI is InChI=1S/C38H41Cl2N3O6/c1-42(36(25-8-5-4-6-9-25)38(45)49-35-23-43-16-14-24(35)15-17-43)28-11-7-10-27(18-28)37(44)48-33(20-29-30(39)21-41-22-31(29)40)26-12-13-32(46-2)34(19-26)47-3/h4-13,18-19,21,24,33,35-36,41H,14-17,20,22-23H2,1-3H3/p+1/t33?,35-,36?/m0/s1. The molecule has 4 aliphatic heterocycles. The van der Waals surface area contributed by atoms with E-state index in [9.17, 15) is 9.59 Å². The zero-order chi connectivity index (χ0) is 34.5. The number of piperidine rings is 3. The van der Waals surface area contributed by atoms with Crippen LogP contribution in [-0.2, 0) is 14.3 Å². The lowest BCUT2D eigenvalue weighted by molar-refractivity contribution is -0.580. The van der Waals surface area contributed by atoms with Gasteiger partial charge in [0.2, 0.25) is 0 Å². The van der Waals surface area contributed by atoms with E-state index in [0.717, 1.165) is 38.0 Å². The van der Waals surface area contributed by atoms with Gasteiger partial charge in [-0.15, -0.1) is 0 Å². The van der Waals surface area contributed by atoms with Crippen LogP contribution in [0.4, 0.5) is 5.69 Å². The minimum absolute atomic E-state index is 0.126. The highest BCUT2D eigenvalue weighted by Gasteiger charge is 2.39. The first kappa shape index (κ1) is 34.8. The Labute approximate surface area is 297 Å². The summed E-state index contributed by atoms with van der Waals surface area (Å²) < 4.78 is 23.4. The second-order valence-electron chi connectivity index (χ2n) is 12.6. The number of benzene rings is 3. The van der Waals surface area contributed by atoms with E-state index in [2.05, 4.69) is 4.90 Å². The molecule has 2 bridgehead atoms. The molecule has 0 aliphatic carbocycles. The number of rotatable bonds is 12. The molecule has 3 aromatic rings. The third kappa shape index (κ3) is 7.91. The molecule has 11 heteroatoms. The molecule has 258 valence electrons. The number of likely N-dealkylation sites (N-methyl/N-ethyl adjacent to an activating group) is 1. The lowest BCUT2D eigenvalue weighted by Crippen LogP contribution is -2.79. The molecule has 2 unspecified atom stereocenters. The molecule has 2 N–H and O–H groups in total. The molecule has 3 fully saturated rings. The average molecular weight is 708 g/mol. The number of fused-ring (bicyclic) bond motifs is 3. The summed E-state index contributed by atoms with van der Waals surface area (Å²) in [7, 11) is 4.96. The van der Waals surface area contributed by atoms with E-state index in [1.165, 1.54) is 0 Å². The number of carbonyl (C=O) groups excluding carboxylic acids is 2. The maximum Gasteiger partial charge on any atom is 0.338 e. The number of hydrogen-bond acceptors (Lipinski definition) is 8. The summed E-state index contributed by atoms with van der Waals surface area (Å²) in [5.74, 6) is 0.583. The Balaban J connectivity index is 1.26. The number of esters is 2. The predicted octanol–water partition coefficient (Wildman–Crippen LogP) is 5.96. The Hall–Kier alpha value is -4.02. The zero-order valence-corrected chi connectivity index (χ0v) is 29.5. The van der Waals surface area contributed by atoms with Crippen LogP contribution >= 0.6 is 23.2 Å². The number of nitrogens with zero attached hydrogens (tertiary/aromatic N) is 2. The van der Waals surface area contributed by atoms with Crippen LogP contribution in [0.3, 0.4) is 0 Å². The summed E-state index contributed by atoms with van der Waals surface area (Å²) in [5.41, 5.74) is 3.19. The largest absolute Gasteiger partial charge is 0.493 e. The number of carbonyl (C=O) groups is 2. The Morgan fingerprint density at radius 1 is 0.939 bits per heavy atom. The molecule has 3 atom stereocenters. The third-order valence-corrected chi connectivity index (χ3v) is 10.4. The summed E-state index contributed by atoms with van der Waals surface area (Å²) in [4.78, 5) is 32.1. The van der Waals surface area contributed by atoms with E-state index in [-0.39, 0.29) is 18.5 Å². The Bertz CT molecular complexity index is 1720. The van der Waals surface area contributed by atoms with Gasteiger partial charge in [-0.05, 0) is 73.3 Å². The molecule has 7 rings (SSSR count). The maximum atomic E-state index is 13.9. The van der Waals surface area contributed by atoms with E-state index in [0.29, 0.717) is 56.4 Å². The van der Waals surface area contributed by atoms with E-state index in [1.54, 1.807) is 50.8 Å². The molecule has 0 aromatic heterocycles. The van der Waals surface area contributed by atoms with Crippen LogP contribution in [-0.4, -0.2) is 70.4 Å². The van der Waals surface area contributed by atoms with Gasteiger partial charge < -0.3 is 29.2 Å². The second-order valence-corrected chi connectivity index (χ2v) is 13.5. The maximum absolute atomic E-state index is 13.9. The van der Waals surface area contributed by atoms with Crippen molar-refractivity contribution in [2.24, 2.45) is 5.92 Å². The quantitative estimate of drug-likeness (QED) is 0.231. The highest BCUT2D eigenvalue weighted by atomic mass is 35.5. The molecule has 9 nitrogen and oxygen atoms in total. The highest BCUT2D eigenvalue weighted by Crippen LogP contribution is 2.38. The lowest BCUT2D eigenvalue weighted by atomic mass is 9.86. The van der Waals surface area contributed by atoms with Crippen molar-refractivity contribution < 1.29 is 33.9 Å². The van der Waals surface area contributed by atoms with Gasteiger partial charge in [0.1, 0.15) is 25.0 Å². The van der Waals surface area contributed by atoms with Crippen LogP contribution in [0.25, 0.3) is 0 Å². The predicted molar refractivity (Wildman–Crippen MR) is 189 cm³/mol. The van der Waals surface area contributed by atoms with Crippen molar-refractivity contribution in [1.29, 1.82) is 0 Å². The van der Waals surface area contributed by atoms with Gasteiger partial charge in [0.25, 0.3) is 0 Å². The number of allylic oxidation sites excluding steroid dienone is 1. The van der Waals surface area contributed by atoms with Crippen LogP contribution in [0.2, 0.25) is 0 Å². The van der Waals surface area contributed by atoms with Gasteiger partial charge in [0, 0.05) is 31.3 Å². The molecule has 0 saturated carbocycles. The van der Waals surface area contributed by atoms with Crippen molar-refractivity contribution in [3.8, 4) is 11.5 Å². The molecule has 0 spiro atoms. The van der Waals surface area contributed by atoms with Gasteiger partial charge in [-0.25, -0.2) is 9.59 Å². The average Bonchev–Trinajstić information content (AvgIpc) is 3.13. The fourth-order valence-electron chi connectivity index (χ4n) is 6.90. The Morgan fingerprint density at radius 2 is 1.69 bits per heavy atom. The number of ether oxygens (including phenoxy) is 4. The minimum Gasteiger partial charge on any atom is -0.493 e. The van der Waals surface area contributed by atoms with Crippen molar-refractivity contribution in [3.05, 3.63) is 111 Å². The summed E-state index contributed by atoms with van der Waals surface area (Å²) in [6.07, 6.45) is 3.28. The Morgan fingerprint density at radius 3 is 2.37 bits per heavy atom. The molecule has 0 amide bonds. The minimum atomic E-state index is -0.744. The Kier molecular flexibility index (Phi) is 11.1. The van der Waals surface area contributed by atoms with Crippen molar-refractivity contribution in [1.82, 2.24) is 4.90 Å². The number of nitrogens with two attached hydrogens (primary N) is 1. The van der Waals surface area contributed by atoms with E-state index < -0.39 is 18.1 Å². The fraction of sp³-hybridized carbons (Fsp3) is 0.368. The van der Waals surface area contributed by atoms with Gasteiger partial charge in [0.05, 0.1) is 29.8 Å². The number of anilines is 1. The van der Waals surface area contributed by atoms with Gasteiger partial charge >= 0.3 is 11.9 Å². The number of halogens is 2.